The third kappa shape index (κ3) is 3.10. The molecule has 0 heterocycles. The van der Waals surface area contributed by atoms with Gasteiger partial charge in [-0.05, 0) is 44.5 Å². The van der Waals surface area contributed by atoms with Gasteiger partial charge in [-0.3, -0.25) is 4.79 Å². The van der Waals surface area contributed by atoms with Gasteiger partial charge in [-0.15, -0.1) is 0 Å². The van der Waals surface area contributed by atoms with Crippen LogP contribution in [0.4, 0.5) is 8.78 Å². The van der Waals surface area contributed by atoms with Gasteiger partial charge < -0.3 is 4.74 Å². The molecule has 0 aliphatic rings. The Morgan fingerprint density at radius 2 is 1.76 bits per heavy atom. The molecule has 0 fully saturated rings. The summed E-state index contributed by atoms with van der Waals surface area (Å²) in [6, 6.07) is 7.10. The number of hydrogen-bond acceptors (Lipinski definition) is 2. The van der Waals surface area contributed by atoms with Gasteiger partial charge in [-0.25, -0.2) is 8.78 Å². The van der Waals surface area contributed by atoms with E-state index in [1.54, 1.807) is 19.1 Å². The van der Waals surface area contributed by atoms with Crippen molar-refractivity contribution < 1.29 is 18.3 Å². The summed E-state index contributed by atoms with van der Waals surface area (Å²) in [5.74, 6) is -1.65. The Morgan fingerprint density at radius 1 is 1.05 bits per heavy atom. The fourth-order valence-electron chi connectivity index (χ4n) is 2.08. The zero-order valence-corrected chi connectivity index (χ0v) is 12.2. The van der Waals surface area contributed by atoms with Crippen molar-refractivity contribution in [2.75, 3.05) is 6.61 Å². The zero-order valence-electron chi connectivity index (χ0n) is 12.2. The summed E-state index contributed by atoms with van der Waals surface area (Å²) in [7, 11) is 0. The molecule has 2 aromatic rings. The molecule has 2 aromatic carbocycles. The normalized spacial score (nSPS) is 10.5. The summed E-state index contributed by atoms with van der Waals surface area (Å²) in [6.45, 7) is 5.52. The zero-order chi connectivity index (χ0) is 15.6. The summed E-state index contributed by atoms with van der Waals surface area (Å²) in [5, 5.41) is 0. The first-order valence-electron chi connectivity index (χ1n) is 6.67. The van der Waals surface area contributed by atoms with E-state index in [-0.39, 0.29) is 16.7 Å². The van der Waals surface area contributed by atoms with Crippen LogP contribution in [0.25, 0.3) is 0 Å². The molecule has 0 aliphatic heterocycles. The number of hydrogen-bond donors (Lipinski definition) is 0. The Labute approximate surface area is 122 Å². The molecular formula is C17H16F2O2. The smallest absolute Gasteiger partial charge is 0.199 e. The van der Waals surface area contributed by atoms with Gasteiger partial charge in [0, 0.05) is 6.07 Å². The van der Waals surface area contributed by atoms with Crippen molar-refractivity contribution >= 4 is 5.78 Å². The molecule has 0 aliphatic carbocycles. The first-order chi connectivity index (χ1) is 9.93. The quantitative estimate of drug-likeness (QED) is 0.788. The van der Waals surface area contributed by atoms with Crippen LogP contribution in [0.1, 0.15) is 34.0 Å². The molecule has 0 saturated carbocycles. The van der Waals surface area contributed by atoms with Crippen LogP contribution < -0.4 is 4.74 Å². The van der Waals surface area contributed by atoms with E-state index in [0.29, 0.717) is 12.4 Å². The van der Waals surface area contributed by atoms with Crippen LogP contribution in [0.15, 0.2) is 30.3 Å². The second-order valence-corrected chi connectivity index (χ2v) is 4.84. The summed E-state index contributed by atoms with van der Waals surface area (Å²) >= 11 is 0. The molecule has 0 saturated heterocycles. The largest absolute Gasteiger partial charge is 0.493 e. The highest BCUT2D eigenvalue weighted by Gasteiger charge is 2.20. The van der Waals surface area contributed by atoms with E-state index >= 15 is 0 Å². The van der Waals surface area contributed by atoms with Crippen LogP contribution in [0.3, 0.4) is 0 Å². The minimum absolute atomic E-state index is 0.152. The third-order valence-electron chi connectivity index (χ3n) is 3.17. The van der Waals surface area contributed by atoms with E-state index in [2.05, 4.69) is 0 Å². The Balaban J connectivity index is 2.54. The maximum absolute atomic E-state index is 13.9. The predicted octanol–water partition coefficient (Wildman–Crippen LogP) is 4.21. The summed E-state index contributed by atoms with van der Waals surface area (Å²) in [6.07, 6.45) is 0. The maximum atomic E-state index is 13.9. The Kier molecular flexibility index (Phi) is 4.36. The number of carbonyl (C=O) groups excluding carboxylic acids is 1. The highest BCUT2D eigenvalue weighted by Crippen LogP contribution is 2.25. The molecule has 0 bridgehead atoms. The molecule has 2 rings (SSSR count). The average Bonchev–Trinajstić information content (AvgIpc) is 2.44. The van der Waals surface area contributed by atoms with Crippen LogP contribution in [-0.2, 0) is 0 Å². The first-order valence-corrected chi connectivity index (χ1v) is 6.67. The maximum Gasteiger partial charge on any atom is 0.199 e. The number of rotatable bonds is 4. The number of ketones is 1. The second-order valence-electron chi connectivity index (χ2n) is 4.84. The standard InChI is InChI=1S/C17H16F2O2/c1-4-21-16-6-5-10(2)7-13(16)17(20)12-8-11(3)14(18)9-15(12)19/h5-9H,4H2,1-3H3. The first kappa shape index (κ1) is 15.2. The van der Waals surface area contributed by atoms with Gasteiger partial charge in [-0.2, -0.15) is 0 Å². The molecule has 0 N–H and O–H groups in total. The Morgan fingerprint density at radius 3 is 2.43 bits per heavy atom. The van der Waals surface area contributed by atoms with E-state index in [9.17, 15) is 13.6 Å². The summed E-state index contributed by atoms with van der Waals surface area (Å²) in [5.41, 5.74) is 1.22. The molecular weight excluding hydrogens is 274 g/mol. The van der Waals surface area contributed by atoms with Crippen molar-refractivity contribution in [1.29, 1.82) is 0 Å². The van der Waals surface area contributed by atoms with Crippen molar-refractivity contribution in [2.24, 2.45) is 0 Å². The lowest BCUT2D eigenvalue weighted by atomic mass is 9.98. The minimum Gasteiger partial charge on any atom is -0.493 e. The monoisotopic (exact) mass is 290 g/mol. The summed E-state index contributed by atoms with van der Waals surface area (Å²) < 4.78 is 32.6. The van der Waals surface area contributed by atoms with E-state index in [1.807, 2.05) is 13.0 Å². The van der Waals surface area contributed by atoms with Gasteiger partial charge in [0.15, 0.2) is 5.78 Å². The minimum atomic E-state index is -0.868. The van der Waals surface area contributed by atoms with E-state index < -0.39 is 17.4 Å². The van der Waals surface area contributed by atoms with Gasteiger partial charge >= 0.3 is 0 Å². The fourth-order valence-corrected chi connectivity index (χ4v) is 2.08. The molecule has 0 atom stereocenters. The van der Waals surface area contributed by atoms with Gasteiger partial charge in [0.1, 0.15) is 17.4 Å². The lowest BCUT2D eigenvalue weighted by molar-refractivity contribution is 0.103. The average molecular weight is 290 g/mol. The van der Waals surface area contributed by atoms with Crippen molar-refractivity contribution in [1.82, 2.24) is 0 Å². The van der Waals surface area contributed by atoms with E-state index in [4.69, 9.17) is 4.74 Å². The molecule has 2 nitrogen and oxygen atoms in total. The summed E-state index contributed by atoms with van der Waals surface area (Å²) in [4.78, 5) is 12.5. The van der Waals surface area contributed by atoms with Crippen LogP contribution in [-0.4, -0.2) is 12.4 Å². The predicted molar refractivity (Wildman–Crippen MR) is 76.9 cm³/mol. The van der Waals surface area contributed by atoms with E-state index in [1.165, 1.54) is 13.0 Å². The van der Waals surface area contributed by atoms with Crippen molar-refractivity contribution in [3.05, 3.63) is 64.2 Å². The van der Waals surface area contributed by atoms with Crippen molar-refractivity contribution in [3.63, 3.8) is 0 Å². The van der Waals surface area contributed by atoms with Crippen LogP contribution >= 0.6 is 0 Å². The SMILES string of the molecule is CCOc1ccc(C)cc1C(=O)c1cc(C)c(F)cc1F. The molecule has 4 heteroatoms. The van der Waals surface area contributed by atoms with Gasteiger partial charge in [0.05, 0.1) is 17.7 Å². The van der Waals surface area contributed by atoms with Crippen molar-refractivity contribution in [3.8, 4) is 5.75 Å². The lowest BCUT2D eigenvalue weighted by Crippen LogP contribution is -2.09. The number of halogens is 2. The van der Waals surface area contributed by atoms with Gasteiger partial charge in [0.25, 0.3) is 0 Å². The van der Waals surface area contributed by atoms with Crippen LogP contribution in [0.2, 0.25) is 0 Å². The number of ether oxygens (including phenoxy) is 1. The third-order valence-corrected chi connectivity index (χ3v) is 3.17. The molecule has 110 valence electrons. The Hall–Kier alpha value is -2.23. The second kappa shape index (κ2) is 6.04. The number of carbonyl (C=O) groups is 1. The number of benzene rings is 2. The molecule has 21 heavy (non-hydrogen) atoms. The molecule has 0 aromatic heterocycles. The van der Waals surface area contributed by atoms with Crippen LogP contribution in [0.5, 0.6) is 5.75 Å². The molecule has 0 spiro atoms. The van der Waals surface area contributed by atoms with Gasteiger partial charge in [0.2, 0.25) is 0 Å². The fraction of sp³-hybridized carbons (Fsp3) is 0.235. The van der Waals surface area contributed by atoms with Crippen LogP contribution in [0, 0.1) is 25.5 Å². The van der Waals surface area contributed by atoms with Crippen molar-refractivity contribution in [2.45, 2.75) is 20.8 Å². The highest BCUT2D eigenvalue weighted by atomic mass is 19.1. The molecule has 0 radical (unpaired) electrons. The van der Waals surface area contributed by atoms with Gasteiger partial charge in [-0.1, -0.05) is 11.6 Å². The van der Waals surface area contributed by atoms with E-state index in [0.717, 1.165) is 11.6 Å². The lowest BCUT2D eigenvalue weighted by Gasteiger charge is -2.11. The molecule has 0 unspecified atom stereocenters. The topological polar surface area (TPSA) is 26.3 Å². The Bertz CT molecular complexity index is 693. The molecule has 0 amide bonds. The number of aryl methyl sites for hydroxylation is 2. The highest BCUT2D eigenvalue weighted by molar-refractivity contribution is 6.11.